The predicted molar refractivity (Wildman–Crippen MR) is 60.1 cm³/mol. The first-order valence-electron chi connectivity index (χ1n) is 6.10. The molecule has 0 aliphatic heterocycles. The van der Waals surface area contributed by atoms with Crippen LogP contribution in [0.2, 0.25) is 0 Å². The molecule has 0 spiro atoms. The second-order valence-electron chi connectivity index (χ2n) is 5.72. The first-order valence-corrected chi connectivity index (χ1v) is 6.10. The summed E-state index contributed by atoms with van der Waals surface area (Å²) in [5.41, 5.74) is 6.19. The van der Waals surface area contributed by atoms with E-state index in [0.29, 0.717) is 5.54 Å². The summed E-state index contributed by atoms with van der Waals surface area (Å²) in [4.78, 5) is 0. The van der Waals surface area contributed by atoms with Gasteiger partial charge in [0.1, 0.15) is 0 Å². The molecule has 2 aliphatic rings. The summed E-state index contributed by atoms with van der Waals surface area (Å²) < 4.78 is 0. The van der Waals surface area contributed by atoms with Gasteiger partial charge >= 0.3 is 0 Å². The molecule has 2 saturated carbocycles. The fourth-order valence-corrected chi connectivity index (χ4v) is 2.48. The molecule has 0 aromatic carbocycles. The number of hydrogen-bond donors (Lipinski definition) is 2. The third kappa shape index (κ3) is 2.12. The fourth-order valence-electron chi connectivity index (χ4n) is 2.48. The van der Waals surface area contributed by atoms with E-state index >= 15 is 0 Å². The van der Waals surface area contributed by atoms with Crippen molar-refractivity contribution < 1.29 is 0 Å². The lowest BCUT2D eigenvalue weighted by molar-refractivity contribution is 0.0760. The van der Waals surface area contributed by atoms with E-state index in [-0.39, 0.29) is 0 Å². The highest BCUT2D eigenvalue weighted by atomic mass is 15.0. The topological polar surface area (TPSA) is 38.0 Å². The maximum atomic E-state index is 5.88. The fraction of sp³-hybridized carbons (Fsp3) is 1.00. The van der Waals surface area contributed by atoms with Crippen LogP contribution in [0.5, 0.6) is 0 Å². The molecule has 0 unspecified atom stereocenters. The van der Waals surface area contributed by atoms with Gasteiger partial charge in [0.25, 0.3) is 0 Å². The molecule has 2 rings (SSSR count). The SMILES string of the molecule is CC(C)C1CC(CN)(NCC2CC2)C1. The van der Waals surface area contributed by atoms with Gasteiger partial charge in [0.05, 0.1) is 0 Å². The minimum atomic E-state index is 0.317. The quantitative estimate of drug-likeness (QED) is 0.703. The smallest absolute Gasteiger partial charge is 0.0309 e. The van der Waals surface area contributed by atoms with Gasteiger partial charge in [-0.15, -0.1) is 0 Å². The van der Waals surface area contributed by atoms with E-state index in [9.17, 15) is 0 Å². The monoisotopic (exact) mass is 196 g/mol. The van der Waals surface area contributed by atoms with Crippen LogP contribution in [0.3, 0.4) is 0 Å². The maximum Gasteiger partial charge on any atom is 0.0309 e. The predicted octanol–water partition coefficient (Wildman–Crippen LogP) is 1.75. The van der Waals surface area contributed by atoms with Gasteiger partial charge in [0, 0.05) is 12.1 Å². The first-order chi connectivity index (χ1) is 6.65. The number of nitrogens with one attached hydrogen (secondary N) is 1. The summed E-state index contributed by atoms with van der Waals surface area (Å²) >= 11 is 0. The number of hydrogen-bond acceptors (Lipinski definition) is 2. The van der Waals surface area contributed by atoms with Crippen molar-refractivity contribution in [2.45, 2.75) is 45.1 Å². The highest BCUT2D eigenvalue weighted by Gasteiger charge is 2.44. The van der Waals surface area contributed by atoms with E-state index in [0.717, 1.165) is 24.3 Å². The van der Waals surface area contributed by atoms with Gasteiger partial charge in [0.2, 0.25) is 0 Å². The van der Waals surface area contributed by atoms with Crippen LogP contribution >= 0.6 is 0 Å². The molecule has 0 heterocycles. The zero-order valence-corrected chi connectivity index (χ0v) is 9.55. The van der Waals surface area contributed by atoms with Crippen LogP contribution in [0, 0.1) is 17.8 Å². The van der Waals surface area contributed by atoms with Crippen LogP contribution in [0.25, 0.3) is 0 Å². The van der Waals surface area contributed by atoms with Crippen molar-refractivity contribution in [3.05, 3.63) is 0 Å². The van der Waals surface area contributed by atoms with Gasteiger partial charge in [-0.3, -0.25) is 0 Å². The lowest BCUT2D eigenvalue weighted by Crippen LogP contribution is -2.61. The Hall–Kier alpha value is -0.0800. The van der Waals surface area contributed by atoms with Crippen molar-refractivity contribution in [3.8, 4) is 0 Å². The van der Waals surface area contributed by atoms with Crippen molar-refractivity contribution in [1.82, 2.24) is 5.32 Å². The normalized spacial score (nSPS) is 37.3. The summed E-state index contributed by atoms with van der Waals surface area (Å²) in [7, 11) is 0. The lowest BCUT2D eigenvalue weighted by Gasteiger charge is -2.50. The van der Waals surface area contributed by atoms with Crippen LogP contribution < -0.4 is 11.1 Å². The van der Waals surface area contributed by atoms with Crippen LogP contribution in [0.15, 0.2) is 0 Å². The highest BCUT2D eigenvalue weighted by molar-refractivity contribution is 5.03. The summed E-state index contributed by atoms with van der Waals surface area (Å²) in [5.74, 6) is 2.71. The summed E-state index contributed by atoms with van der Waals surface area (Å²) in [5, 5.41) is 3.70. The first kappa shape index (κ1) is 10.4. The molecular weight excluding hydrogens is 172 g/mol. The van der Waals surface area contributed by atoms with Gasteiger partial charge in [-0.05, 0) is 50.0 Å². The van der Waals surface area contributed by atoms with Crippen LogP contribution in [-0.2, 0) is 0 Å². The second-order valence-corrected chi connectivity index (χ2v) is 5.72. The Bertz CT molecular complexity index is 185. The van der Waals surface area contributed by atoms with Gasteiger partial charge in [-0.1, -0.05) is 13.8 Å². The minimum absolute atomic E-state index is 0.317. The summed E-state index contributed by atoms with van der Waals surface area (Å²) in [6.45, 7) is 6.68. The number of nitrogens with two attached hydrogens (primary N) is 1. The lowest BCUT2D eigenvalue weighted by atomic mass is 9.64. The molecule has 3 N–H and O–H groups in total. The Morgan fingerprint density at radius 1 is 1.36 bits per heavy atom. The summed E-state index contributed by atoms with van der Waals surface area (Å²) in [6, 6.07) is 0. The third-order valence-electron chi connectivity index (χ3n) is 4.10. The van der Waals surface area contributed by atoms with E-state index in [1.54, 1.807) is 0 Å². The van der Waals surface area contributed by atoms with E-state index in [1.165, 1.54) is 32.2 Å². The molecule has 0 radical (unpaired) electrons. The van der Waals surface area contributed by atoms with E-state index in [4.69, 9.17) is 5.73 Å². The maximum absolute atomic E-state index is 5.88. The third-order valence-corrected chi connectivity index (χ3v) is 4.10. The molecule has 2 aliphatic carbocycles. The van der Waals surface area contributed by atoms with Gasteiger partial charge in [-0.2, -0.15) is 0 Å². The van der Waals surface area contributed by atoms with Crippen molar-refractivity contribution in [2.24, 2.45) is 23.5 Å². The minimum Gasteiger partial charge on any atom is -0.329 e. The highest BCUT2D eigenvalue weighted by Crippen LogP contribution is 2.42. The van der Waals surface area contributed by atoms with Gasteiger partial charge < -0.3 is 11.1 Å². The molecule has 2 nitrogen and oxygen atoms in total. The molecule has 0 atom stereocenters. The molecule has 0 bridgehead atoms. The van der Waals surface area contributed by atoms with Crippen LogP contribution in [-0.4, -0.2) is 18.6 Å². The largest absolute Gasteiger partial charge is 0.329 e. The van der Waals surface area contributed by atoms with E-state index in [2.05, 4.69) is 19.2 Å². The molecule has 0 saturated heterocycles. The van der Waals surface area contributed by atoms with Crippen LogP contribution in [0.4, 0.5) is 0 Å². The van der Waals surface area contributed by atoms with Crippen molar-refractivity contribution in [2.75, 3.05) is 13.1 Å². The van der Waals surface area contributed by atoms with Gasteiger partial charge in [0.15, 0.2) is 0 Å². The zero-order valence-electron chi connectivity index (χ0n) is 9.55. The molecular formula is C12H24N2. The van der Waals surface area contributed by atoms with Crippen molar-refractivity contribution in [3.63, 3.8) is 0 Å². The molecule has 0 aromatic rings. The molecule has 0 amide bonds. The molecule has 0 aromatic heterocycles. The number of rotatable bonds is 5. The van der Waals surface area contributed by atoms with E-state index in [1.807, 2.05) is 0 Å². The Morgan fingerprint density at radius 3 is 2.43 bits per heavy atom. The second kappa shape index (κ2) is 3.82. The van der Waals surface area contributed by atoms with Crippen molar-refractivity contribution >= 4 is 0 Å². The Labute approximate surface area is 87.6 Å². The van der Waals surface area contributed by atoms with Gasteiger partial charge in [-0.25, -0.2) is 0 Å². The summed E-state index contributed by atoms with van der Waals surface area (Å²) in [6.07, 6.45) is 5.46. The molecule has 2 heteroatoms. The molecule has 2 fully saturated rings. The van der Waals surface area contributed by atoms with E-state index < -0.39 is 0 Å². The Balaban J connectivity index is 1.75. The van der Waals surface area contributed by atoms with Crippen LogP contribution in [0.1, 0.15) is 39.5 Å². The average Bonchev–Trinajstić information content (AvgIpc) is 2.86. The molecule has 82 valence electrons. The zero-order chi connectivity index (χ0) is 10.2. The molecule has 14 heavy (non-hydrogen) atoms. The van der Waals surface area contributed by atoms with Crippen molar-refractivity contribution in [1.29, 1.82) is 0 Å². The standard InChI is InChI=1S/C12H24N2/c1-9(2)11-5-12(6-11,8-13)14-7-10-3-4-10/h9-11,14H,3-8,13H2,1-2H3. The average molecular weight is 196 g/mol. The Morgan fingerprint density at radius 2 is 2.00 bits per heavy atom. The Kier molecular flexibility index (Phi) is 2.85.